The Kier molecular flexibility index (Phi) is 5.19. The molecule has 0 spiro atoms. The van der Waals surface area contributed by atoms with Gasteiger partial charge in [-0.1, -0.05) is 29.3 Å². The molecule has 0 bridgehead atoms. The highest BCUT2D eigenvalue weighted by Crippen LogP contribution is 2.25. The van der Waals surface area contributed by atoms with Gasteiger partial charge in [-0.25, -0.2) is 0 Å². The minimum Gasteiger partial charge on any atom is -0.480 e. The maximum atomic E-state index is 11.4. The summed E-state index contributed by atoms with van der Waals surface area (Å²) in [5.41, 5.74) is 0.513. The Morgan fingerprint density at radius 2 is 1.89 bits per heavy atom. The third-order valence-electron chi connectivity index (χ3n) is 2.13. The van der Waals surface area contributed by atoms with Gasteiger partial charge in [0, 0.05) is 21.7 Å². The molecular formula is C12H11Cl2NO3. The first-order valence-corrected chi connectivity index (χ1v) is 5.83. The third kappa shape index (κ3) is 4.05. The number of rotatable bonds is 4. The molecule has 0 radical (unpaired) electrons. The Morgan fingerprint density at radius 3 is 2.39 bits per heavy atom. The van der Waals surface area contributed by atoms with Gasteiger partial charge in [0.25, 0.3) is 0 Å². The van der Waals surface area contributed by atoms with E-state index in [0.717, 1.165) is 0 Å². The largest absolute Gasteiger partial charge is 0.480 e. The van der Waals surface area contributed by atoms with Crippen molar-refractivity contribution < 1.29 is 14.7 Å². The van der Waals surface area contributed by atoms with Crippen molar-refractivity contribution in [2.75, 3.05) is 0 Å². The SMILES string of the molecule is C[C@@H](NC(=O)C=Cc1c(Cl)cccc1Cl)C(=O)O. The first-order chi connectivity index (χ1) is 8.41. The van der Waals surface area contributed by atoms with Gasteiger partial charge in [-0.3, -0.25) is 9.59 Å². The molecular weight excluding hydrogens is 277 g/mol. The number of halogens is 2. The van der Waals surface area contributed by atoms with Crippen LogP contribution in [-0.2, 0) is 9.59 Å². The predicted octanol–water partition coefficient (Wildman–Crippen LogP) is 2.60. The molecule has 0 saturated carbocycles. The molecule has 0 aliphatic rings. The standard InChI is InChI=1S/C12H11Cl2NO3/c1-7(12(17)18)15-11(16)6-5-8-9(13)3-2-4-10(8)14/h2-7H,1H3,(H,15,16)(H,17,18)/t7-/m1/s1. The number of carboxylic acids is 1. The Hall–Kier alpha value is -1.52. The molecule has 96 valence electrons. The Bertz CT molecular complexity index is 480. The lowest BCUT2D eigenvalue weighted by Gasteiger charge is -2.06. The highest BCUT2D eigenvalue weighted by Gasteiger charge is 2.12. The molecule has 0 heterocycles. The maximum absolute atomic E-state index is 11.4. The van der Waals surface area contributed by atoms with Crippen molar-refractivity contribution in [1.29, 1.82) is 0 Å². The molecule has 0 saturated heterocycles. The second-order valence-corrected chi connectivity index (χ2v) is 4.35. The zero-order valence-corrected chi connectivity index (χ0v) is 11.0. The maximum Gasteiger partial charge on any atom is 0.325 e. The van der Waals surface area contributed by atoms with E-state index in [4.69, 9.17) is 28.3 Å². The second-order valence-electron chi connectivity index (χ2n) is 3.54. The summed E-state index contributed by atoms with van der Waals surface area (Å²) in [6.07, 6.45) is 2.63. The van der Waals surface area contributed by atoms with E-state index in [2.05, 4.69) is 5.32 Å². The molecule has 0 aliphatic carbocycles. The summed E-state index contributed by atoms with van der Waals surface area (Å²) in [4.78, 5) is 21.9. The van der Waals surface area contributed by atoms with E-state index in [1.807, 2.05) is 0 Å². The molecule has 0 aliphatic heterocycles. The molecule has 2 N–H and O–H groups in total. The van der Waals surface area contributed by atoms with Crippen molar-refractivity contribution in [3.63, 3.8) is 0 Å². The number of hydrogen-bond donors (Lipinski definition) is 2. The van der Waals surface area contributed by atoms with Gasteiger partial charge < -0.3 is 10.4 Å². The number of carbonyl (C=O) groups excluding carboxylic acids is 1. The summed E-state index contributed by atoms with van der Waals surface area (Å²) in [6, 6.07) is 4.02. The summed E-state index contributed by atoms with van der Waals surface area (Å²) >= 11 is 11.8. The molecule has 0 fully saturated rings. The number of amides is 1. The zero-order valence-electron chi connectivity index (χ0n) is 9.48. The van der Waals surface area contributed by atoms with Gasteiger partial charge in [0.15, 0.2) is 0 Å². The van der Waals surface area contributed by atoms with Crippen LogP contribution in [0.25, 0.3) is 6.08 Å². The minimum atomic E-state index is -1.10. The molecule has 1 atom stereocenters. The average Bonchev–Trinajstić information content (AvgIpc) is 2.28. The number of carbonyl (C=O) groups is 2. The first-order valence-electron chi connectivity index (χ1n) is 5.07. The predicted molar refractivity (Wildman–Crippen MR) is 70.7 cm³/mol. The van der Waals surface area contributed by atoms with Crippen molar-refractivity contribution in [2.45, 2.75) is 13.0 Å². The van der Waals surface area contributed by atoms with E-state index in [-0.39, 0.29) is 0 Å². The topological polar surface area (TPSA) is 66.4 Å². The van der Waals surface area contributed by atoms with Crippen LogP contribution >= 0.6 is 23.2 Å². The molecule has 1 aromatic rings. The van der Waals surface area contributed by atoms with Crippen molar-refractivity contribution >= 4 is 41.2 Å². The van der Waals surface area contributed by atoms with Crippen LogP contribution in [-0.4, -0.2) is 23.0 Å². The van der Waals surface area contributed by atoms with Crippen LogP contribution in [0.2, 0.25) is 10.0 Å². The van der Waals surface area contributed by atoms with E-state index in [9.17, 15) is 9.59 Å². The molecule has 4 nitrogen and oxygen atoms in total. The van der Waals surface area contributed by atoms with Crippen molar-refractivity contribution in [3.8, 4) is 0 Å². The fraction of sp³-hybridized carbons (Fsp3) is 0.167. The highest BCUT2D eigenvalue weighted by molar-refractivity contribution is 6.37. The monoisotopic (exact) mass is 287 g/mol. The molecule has 18 heavy (non-hydrogen) atoms. The summed E-state index contributed by atoms with van der Waals surface area (Å²) in [7, 11) is 0. The van der Waals surface area contributed by atoms with Crippen LogP contribution in [0, 0.1) is 0 Å². The second kappa shape index (κ2) is 6.42. The van der Waals surface area contributed by atoms with Gasteiger partial charge in [-0.15, -0.1) is 0 Å². The van der Waals surface area contributed by atoms with Crippen molar-refractivity contribution in [2.24, 2.45) is 0 Å². The van der Waals surface area contributed by atoms with Gasteiger partial charge >= 0.3 is 5.97 Å². The fourth-order valence-electron chi connectivity index (χ4n) is 1.15. The zero-order chi connectivity index (χ0) is 13.7. The highest BCUT2D eigenvalue weighted by atomic mass is 35.5. The fourth-order valence-corrected chi connectivity index (χ4v) is 1.68. The molecule has 1 aromatic carbocycles. The van der Waals surface area contributed by atoms with Crippen LogP contribution in [0.5, 0.6) is 0 Å². The smallest absolute Gasteiger partial charge is 0.325 e. The lowest BCUT2D eigenvalue weighted by molar-refractivity contribution is -0.140. The van der Waals surface area contributed by atoms with E-state index >= 15 is 0 Å². The molecule has 1 rings (SSSR count). The summed E-state index contributed by atoms with van der Waals surface area (Å²) < 4.78 is 0. The van der Waals surface area contributed by atoms with E-state index in [1.165, 1.54) is 19.1 Å². The Morgan fingerprint density at radius 1 is 1.33 bits per heavy atom. The van der Waals surface area contributed by atoms with E-state index in [1.54, 1.807) is 18.2 Å². The number of carboxylic acid groups (broad SMARTS) is 1. The summed E-state index contributed by atoms with van der Waals surface area (Å²) in [5, 5.41) is 11.7. The minimum absolute atomic E-state index is 0.415. The van der Waals surface area contributed by atoms with Gasteiger partial charge in [-0.2, -0.15) is 0 Å². The molecule has 6 heteroatoms. The van der Waals surface area contributed by atoms with Gasteiger partial charge in [0.2, 0.25) is 5.91 Å². The number of aliphatic carboxylic acids is 1. The van der Waals surface area contributed by atoms with Gasteiger partial charge in [0.05, 0.1) is 0 Å². The lowest BCUT2D eigenvalue weighted by Crippen LogP contribution is -2.37. The van der Waals surface area contributed by atoms with Crippen LogP contribution in [0.1, 0.15) is 12.5 Å². The number of nitrogens with one attached hydrogen (secondary N) is 1. The number of benzene rings is 1. The quantitative estimate of drug-likeness (QED) is 0.837. The van der Waals surface area contributed by atoms with E-state index in [0.29, 0.717) is 15.6 Å². The van der Waals surface area contributed by atoms with Crippen LogP contribution in [0.4, 0.5) is 0 Å². The average molecular weight is 288 g/mol. The third-order valence-corrected chi connectivity index (χ3v) is 2.79. The van der Waals surface area contributed by atoms with Crippen molar-refractivity contribution in [1.82, 2.24) is 5.32 Å². The molecule has 0 aromatic heterocycles. The van der Waals surface area contributed by atoms with Crippen LogP contribution in [0.3, 0.4) is 0 Å². The van der Waals surface area contributed by atoms with Crippen LogP contribution in [0.15, 0.2) is 24.3 Å². The van der Waals surface area contributed by atoms with Gasteiger partial charge in [-0.05, 0) is 25.1 Å². The Labute approximate surface area is 114 Å². The van der Waals surface area contributed by atoms with Crippen molar-refractivity contribution in [3.05, 3.63) is 39.9 Å². The normalized spacial score (nSPS) is 12.4. The molecule has 0 unspecified atom stereocenters. The van der Waals surface area contributed by atoms with Gasteiger partial charge in [0.1, 0.15) is 6.04 Å². The Balaban J connectivity index is 2.75. The van der Waals surface area contributed by atoms with E-state index < -0.39 is 17.9 Å². The first kappa shape index (κ1) is 14.5. The summed E-state index contributed by atoms with van der Waals surface area (Å²) in [6.45, 7) is 1.37. The molecule has 1 amide bonds. The summed E-state index contributed by atoms with van der Waals surface area (Å²) in [5.74, 6) is -1.63. The number of hydrogen-bond acceptors (Lipinski definition) is 2. The van der Waals surface area contributed by atoms with Crippen LogP contribution < -0.4 is 5.32 Å². The lowest BCUT2D eigenvalue weighted by atomic mass is 10.2.